The summed E-state index contributed by atoms with van der Waals surface area (Å²) in [6, 6.07) is 8.67. The number of carbonyl (C=O) groups excluding carboxylic acids is 2. The van der Waals surface area contributed by atoms with E-state index in [4.69, 9.17) is 0 Å². The Morgan fingerprint density at radius 2 is 2.00 bits per heavy atom. The Labute approximate surface area is 140 Å². The van der Waals surface area contributed by atoms with Crippen LogP contribution in [0.25, 0.3) is 0 Å². The van der Waals surface area contributed by atoms with Crippen molar-refractivity contribution in [3.05, 3.63) is 35.9 Å². The number of benzene rings is 1. The van der Waals surface area contributed by atoms with Crippen LogP contribution >= 0.6 is 0 Å². The van der Waals surface area contributed by atoms with Gasteiger partial charge in [-0.2, -0.15) is 0 Å². The van der Waals surface area contributed by atoms with E-state index >= 15 is 0 Å². The summed E-state index contributed by atoms with van der Waals surface area (Å²) in [5, 5.41) is 15.2. The van der Waals surface area contributed by atoms with Gasteiger partial charge in [-0.25, -0.2) is 9.79 Å². The van der Waals surface area contributed by atoms with E-state index in [1.807, 2.05) is 30.3 Å². The maximum Gasteiger partial charge on any atom is 0.325 e. The number of aliphatic imine (C=N–C) groups is 1. The third-order valence-electron chi connectivity index (χ3n) is 4.14. The van der Waals surface area contributed by atoms with Gasteiger partial charge in [-0.3, -0.25) is 10.1 Å². The lowest BCUT2D eigenvalue weighted by Gasteiger charge is -2.35. The Balaban J connectivity index is 1.87. The number of likely N-dealkylation sites (N-methyl/N-ethyl adjacent to an activating group) is 1. The minimum atomic E-state index is -0.636. The van der Waals surface area contributed by atoms with Gasteiger partial charge in [0, 0.05) is 13.6 Å². The highest BCUT2D eigenvalue weighted by Crippen LogP contribution is 2.21. The summed E-state index contributed by atoms with van der Waals surface area (Å²) < 4.78 is 0. The van der Waals surface area contributed by atoms with Gasteiger partial charge in [-0.1, -0.05) is 30.3 Å². The fourth-order valence-corrected chi connectivity index (χ4v) is 2.95. The van der Waals surface area contributed by atoms with Gasteiger partial charge in [0.15, 0.2) is 12.0 Å². The van der Waals surface area contributed by atoms with Gasteiger partial charge >= 0.3 is 6.03 Å². The number of aliphatic hydroxyl groups is 1. The standard InChI is InChI=1S/C16H21N5O3/c1-10(22)9-21-12-13(20(2)16(24)19-14(12)23)18-15(21)17-8-11-6-4-3-5-7-11/h3-7,10,12-13,22H,8-9H2,1-2H3,(H,17,18)(H,19,23,24). The molecule has 2 aliphatic heterocycles. The van der Waals surface area contributed by atoms with Gasteiger partial charge in [0.05, 0.1) is 12.6 Å². The van der Waals surface area contributed by atoms with Gasteiger partial charge in [-0.05, 0) is 12.5 Å². The lowest BCUT2D eigenvalue weighted by atomic mass is 10.1. The summed E-state index contributed by atoms with van der Waals surface area (Å²) in [6.07, 6.45) is -1.14. The zero-order chi connectivity index (χ0) is 17.3. The third kappa shape index (κ3) is 3.05. The first kappa shape index (κ1) is 16.3. The molecular formula is C16H21N5O3. The lowest BCUT2D eigenvalue weighted by molar-refractivity contribution is -0.127. The van der Waals surface area contributed by atoms with Crippen LogP contribution in [0, 0.1) is 0 Å². The molecule has 8 nitrogen and oxygen atoms in total. The van der Waals surface area contributed by atoms with Crippen molar-refractivity contribution in [3.8, 4) is 0 Å². The van der Waals surface area contributed by atoms with Crippen molar-refractivity contribution < 1.29 is 14.7 Å². The molecular weight excluding hydrogens is 310 g/mol. The van der Waals surface area contributed by atoms with E-state index in [1.54, 1.807) is 18.9 Å². The van der Waals surface area contributed by atoms with Crippen molar-refractivity contribution in [2.24, 2.45) is 4.99 Å². The Morgan fingerprint density at radius 1 is 1.29 bits per heavy atom. The first-order valence-corrected chi connectivity index (χ1v) is 7.84. The molecule has 3 amide bonds. The van der Waals surface area contributed by atoms with Crippen LogP contribution in [0.2, 0.25) is 0 Å². The van der Waals surface area contributed by atoms with Crippen LogP contribution in [-0.4, -0.2) is 64.7 Å². The predicted octanol–water partition coefficient (Wildman–Crippen LogP) is -0.295. The van der Waals surface area contributed by atoms with Gasteiger partial charge in [0.25, 0.3) is 5.91 Å². The summed E-state index contributed by atoms with van der Waals surface area (Å²) in [5.74, 6) is 0.118. The second-order valence-corrected chi connectivity index (χ2v) is 6.07. The van der Waals surface area contributed by atoms with Crippen molar-refractivity contribution in [1.29, 1.82) is 0 Å². The predicted molar refractivity (Wildman–Crippen MR) is 88.0 cm³/mol. The Bertz CT molecular complexity index is 661. The highest BCUT2D eigenvalue weighted by molar-refractivity contribution is 6.04. The summed E-state index contributed by atoms with van der Waals surface area (Å²) in [4.78, 5) is 31.8. The number of urea groups is 1. The molecule has 1 aromatic carbocycles. The molecule has 2 heterocycles. The maximum absolute atomic E-state index is 12.3. The molecule has 2 saturated heterocycles. The fourth-order valence-electron chi connectivity index (χ4n) is 2.95. The number of nitrogens with zero attached hydrogens (tertiary/aromatic N) is 3. The van der Waals surface area contributed by atoms with Gasteiger partial charge in [0.1, 0.15) is 6.17 Å². The van der Waals surface area contributed by atoms with Crippen molar-refractivity contribution in [1.82, 2.24) is 20.4 Å². The number of nitrogens with one attached hydrogen (secondary N) is 2. The Morgan fingerprint density at radius 3 is 2.67 bits per heavy atom. The van der Waals surface area contributed by atoms with Crippen molar-refractivity contribution in [3.63, 3.8) is 0 Å². The van der Waals surface area contributed by atoms with Crippen LogP contribution in [-0.2, 0) is 11.3 Å². The smallest absolute Gasteiger partial charge is 0.325 e. The maximum atomic E-state index is 12.3. The summed E-state index contributed by atoms with van der Waals surface area (Å²) in [6.45, 7) is 2.34. The minimum absolute atomic E-state index is 0.247. The molecule has 0 saturated carbocycles. The number of fused-ring (bicyclic) bond motifs is 1. The first-order chi connectivity index (χ1) is 11.5. The number of β-amino-alcohol motifs (C(OH)–C–C–N with tert-alkyl or cyclic N) is 1. The molecule has 1 aromatic rings. The second kappa shape index (κ2) is 6.48. The Kier molecular flexibility index (Phi) is 4.39. The molecule has 0 aromatic heterocycles. The fraction of sp³-hybridized carbons (Fsp3) is 0.438. The number of hydrogen-bond acceptors (Lipinski definition) is 4. The number of imide groups is 1. The number of guanidine groups is 1. The van der Waals surface area contributed by atoms with E-state index in [1.165, 1.54) is 4.90 Å². The van der Waals surface area contributed by atoms with Crippen LogP contribution in [0.5, 0.6) is 0 Å². The molecule has 3 atom stereocenters. The van der Waals surface area contributed by atoms with Crippen LogP contribution < -0.4 is 10.6 Å². The average Bonchev–Trinajstić information content (AvgIpc) is 2.90. The summed E-state index contributed by atoms with van der Waals surface area (Å²) in [5.41, 5.74) is 1.03. The van der Waals surface area contributed by atoms with Crippen LogP contribution in [0.1, 0.15) is 12.5 Å². The topological polar surface area (TPSA) is 97.3 Å². The van der Waals surface area contributed by atoms with Crippen molar-refractivity contribution >= 4 is 17.9 Å². The summed E-state index contributed by atoms with van der Waals surface area (Å²) >= 11 is 0. The van der Waals surface area contributed by atoms with E-state index in [-0.39, 0.29) is 12.5 Å². The van der Waals surface area contributed by atoms with E-state index < -0.39 is 24.3 Å². The quantitative estimate of drug-likeness (QED) is 0.704. The minimum Gasteiger partial charge on any atom is -0.392 e. The molecule has 2 fully saturated rings. The molecule has 0 aliphatic carbocycles. The molecule has 0 spiro atoms. The highest BCUT2D eigenvalue weighted by Gasteiger charge is 2.49. The van der Waals surface area contributed by atoms with E-state index in [0.717, 1.165) is 5.56 Å². The van der Waals surface area contributed by atoms with Crippen LogP contribution in [0.3, 0.4) is 0 Å². The van der Waals surface area contributed by atoms with E-state index in [2.05, 4.69) is 15.6 Å². The largest absolute Gasteiger partial charge is 0.392 e. The highest BCUT2D eigenvalue weighted by atomic mass is 16.3. The first-order valence-electron chi connectivity index (χ1n) is 7.84. The number of hydrogen-bond donors (Lipinski definition) is 3. The molecule has 3 unspecified atom stereocenters. The van der Waals surface area contributed by atoms with E-state index in [9.17, 15) is 14.7 Å². The molecule has 2 aliphatic rings. The monoisotopic (exact) mass is 331 g/mol. The number of amides is 3. The van der Waals surface area contributed by atoms with Crippen molar-refractivity contribution in [2.45, 2.75) is 31.8 Å². The van der Waals surface area contributed by atoms with Gasteiger partial charge in [0.2, 0.25) is 0 Å². The number of rotatable bonds is 4. The van der Waals surface area contributed by atoms with Crippen LogP contribution in [0.15, 0.2) is 35.3 Å². The SMILES string of the molecule is CC(O)CN1C(=NCc2ccccc2)NC2C1C(=O)NC(=O)N2C. The van der Waals surface area contributed by atoms with Gasteiger partial charge < -0.3 is 20.2 Å². The number of aliphatic hydroxyl groups excluding tert-OH is 1. The third-order valence-corrected chi connectivity index (χ3v) is 4.14. The second-order valence-electron chi connectivity index (χ2n) is 6.07. The zero-order valence-electron chi connectivity index (χ0n) is 13.6. The molecule has 3 rings (SSSR count). The molecule has 24 heavy (non-hydrogen) atoms. The zero-order valence-corrected chi connectivity index (χ0v) is 13.6. The van der Waals surface area contributed by atoms with Gasteiger partial charge in [-0.15, -0.1) is 0 Å². The lowest BCUT2D eigenvalue weighted by Crippen LogP contribution is -2.65. The molecule has 8 heteroatoms. The Hall–Kier alpha value is -2.61. The molecule has 128 valence electrons. The number of carbonyl (C=O) groups is 2. The molecule has 0 radical (unpaired) electrons. The molecule has 3 N–H and O–H groups in total. The van der Waals surface area contributed by atoms with E-state index in [0.29, 0.717) is 12.5 Å². The van der Waals surface area contributed by atoms with Crippen LogP contribution in [0.4, 0.5) is 4.79 Å². The van der Waals surface area contributed by atoms with Crippen molar-refractivity contribution in [2.75, 3.05) is 13.6 Å². The normalized spacial score (nSPS) is 26.2. The molecule has 0 bridgehead atoms. The average molecular weight is 331 g/mol. The summed E-state index contributed by atoms with van der Waals surface area (Å²) in [7, 11) is 1.62.